The molecule has 0 saturated heterocycles. The van der Waals surface area contributed by atoms with E-state index in [0.717, 1.165) is 0 Å². The fraction of sp³-hybridized carbons (Fsp3) is 0.278. The monoisotopic (exact) mass is 391 g/mol. The third-order valence-electron chi connectivity index (χ3n) is 4.47. The number of benzene rings is 1. The van der Waals surface area contributed by atoms with Gasteiger partial charge >= 0.3 is 18.0 Å². The van der Waals surface area contributed by atoms with Gasteiger partial charge in [0, 0.05) is 0 Å². The average Bonchev–Trinajstić information content (AvgIpc) is 3.24. The van der Waals surface area contributed by atoms with E-state index in [9.17, 15) is 14.4 Å². The maximum Gasteiger partial charge on any atom is 0.417 e. The van der Waals surface area contributed by atoms with Gasteiger partial charge in [-0.15, -0.1) is 0 Å². The maximum atomic E-state index is 12.6. The van der Waals surface area contributed by atoms with Crippen molar-refractivity contribution in [3.63, 3.8) is 0 Å². The summed E-state index contributed by atoms with van der Waals surface area (Å²) in [6.45, 7) is -0.366. The van der Waals surface area contributed by atoms with E-state index in [1.54, 1.807) is 36.4 Å². The van der Waals surface area contributed by atoms with Crippen molar-refractivity contribution in [3.05, 3.63) is 59.2 Å². The number of rotatable bonds is 5. The molecular formula is C18H17NO7S. The topological polar surface area (TPSA) is 100 Å². The van der Waals surface area contributed by atoms with E-state index in [4.69, 9.17) is 18.9 Å². The molecule has 0 fully saturated rings. The number of methoxy groups -OCH3 is 2. The van der Waals surface area contributed by atoms with Gasteiger partial charge < -0.3 is 18.9 Å². The van der Waals surface area contributed by atoms with E-state index in [1.165, 1.54) is 14.2 Å². The maximum absolute atomic E-state index is 12.6. The number of thiol groups is 1. The SMILES string of the molecule is COC(=O)C1=C(C(=O)OC)C2(c3ccccc3)C=CC1(COC(=O)NS)O2. The third-order valence-corrected chi connectivity index (χ3v) is 4.65. The first-order chi connectivity index (χ1) is 12.9. The molecule has 9 heteroatoms. The minimum Gasteiger partial charge on any atom is -0.466 e. The van der Waals surface area contributed by atoms with Gasteiger partial charge in [0.05, 0.1) is 25.4 Å². The number of fused-ring (bicyclic) bond motifs is 2. The smallest absolute Gasteiger partial charge is 0.417 e. The van der Waals surface area contributed by atoms with Gasteiger partial charge in [-0.1, -0.05) is 43.1 Å². The molecule has 2 unspecified atom stereocenters. The van der Waals surface area contributed by atoms with Crippen molar-refractivity contribution in [1.82, 2.24) is 4.72 Å². The van der Waals surface area contributed by atoms with Crippen LogP contribution >= 0.6 is 12.8 Å². The summed E-state index contributed by atoms with van der Waals surface area (Å²) in [5.74, 6) is -1.53. The lowest BCUT2D eigenvalue weighted by atomic mass is 9.78. The van der Waals surface area contributed by atoms with Crippen LogP contribution in [0.4, 0.5) is 4.79 Å². The van der Waals surface area contributed by atoms with Crippen LogP contribution in [-0.2, 0) is 34.1 Å². The van der Waals surface area contributed by atoms with Gasteiger partial charge in [0.1, 0.15) is 12.2 Å². The highest BCUT2D eigenvalue weighted by atomic mass is 32.1. The van der Waals surface area contributed by atoms with Crippen LogP contribution in [0, 0.1) is 0 Å². The lowest BCUT2D eigenvalue weighted by Gasteiger charge is -2.27. The molecule has 1 aromatic rings. The molecular weight excluding hydrogens is 374 g/mol. The molecule has 0 radical (unpaired) electrons. The Kier molecular flexibility index (Phi) is 4.99. The number of carbonyl (C=O) groups excluding carboxylic acids is 3. The van der Waals surface area contributed by atoms with Gasteiger partial charge in [-0.25, -0.2) is 14.4 Å². The first-order valence-electron chi connectivity index (χ1n) is 7.89. The van der Waals surface area contributed by atoms with Gasteiger partial charge in [-0.2, -0.15) is 0 Å². The fourth-order valence-electron chi connectivity index (χ4n) is 3.35. The van der Waals surface area contributed by atoms with Crippen molar-refractivity contribution in [3.8, 4) is 0 Å². The summed E-state index contributed by atoms with van der Waals surface area (Å²) in [5.41, 5.74) is -2.33. The molecule has 27 heavy (non-hydrogen) atoms. The van der Waals surface area contributed by atoms with E-state index in [-0.39, 0.29) is 17.8 Å². The van der Waals surface area contributed by atoms with E-state index < -0.39 is 29.2 Å². The van der Waals surface area contributed by atoms with Crippen molar-refractivity contribution in [2.24, 2.45) is 0 Å². The molecule has 2 aliphatic heterocycles. The largest absolute Gasteiger partial charge is 0.466 e. The lowest BCUT2D eigenvalue weighted by Crippen LogP contribution is -2.39. The summed E-state index contributed by atoms with van der Waals surface area (Å²) in [6, 6.07) is 8.87. The highest BCUT2D eigenvalue weighted by molar-refractivity contribution is 7.78. The Hall–Kier alpha value is -2.78. The molecule has 2 bridgehead atoms. The Morgan fingerprint density at radius 1 is 1.04 bits per heavy atom. The molecule has 1 aromatic carbocycles. The van der Waals surface area contributed by atoms with Crippen LogP contribution in [-0.4, -0.2) is 44.5 Å². The van der Waals surface area contributed by atoms with Gasteiger partial charge in [-0.05, 0) is 17.7 Å². The minimum absolute atomic E-state index is 0.0135. The Labute approximate surface area is 160 Å². The second-order valence-corrected chi connectivity index (χ2v) is 6.07. The van der Waals surface area contributed by atoms with Crippen LogP contribution in [0.3, 0.4) is 0 Å². The predicted molar refractivity (Wildman–Crippen MR) is 95.6 cm³/mol. The van der Waals surface area contributed by atoms with Crippen LogP contribution in [0.1, 0.15) is 5.56 Å². The summed E-state index contributed by atoms with van der Waals surface area (Å²) in [5, 5.41) is 0. The third kappa shape index (κ3) is 2.88. The van der Waals surface area contributed by atoms with E-state index >= 15 is 0 Å². The Bertz CT molecular complexity index is 851. The van der Waals surface area contributed by atoms with E-state index in [1.807, 2.05) is 10.8 Å². The highest BCUT2D eigenvalue weighted by Crippen LogP contribution is 2.55. The molecule has 2 heterocycles. The number of carbonyl (C=O) groups is 3. The molecule has 0 aliphatic carbocycles. The summed E-state index contributed by atoms with van der Waals surface area (Å²) in [4.78, 5) is 36.7. The molecule has 0 aromatic heterocycles. The van der Waals surface area contributed by atoms with Crippen LogP contribution in [0.2, 0.25) is 0 Å². The second-order valence-electron chi connectivity index (χ2n) is 5.85. The minimum atomic E-state index is -1.49. The van der Waals surface area contributed by atoms with Crippen molar-refractivity contribution in [1.29, 1.82) is 0 Å². The summed E-state index contributed by atoms with van der Waals surface area (Å²) in [6.07, 6.45) is 2.38. The molecule has 0 spiro atoms. The zero-order valence-corrected chi connectivity index (χ0v) is 15.4. The highest BCUT2D eigenvalue weighted by Gasteiger charge is 2.63. The van der Waals surface area contributed by atoms with Crippen LogP contribution in [0.5, 0.6) is 0 Å². The number of nitrogens with one attached hydrogen (secondary N) is 1. The van der Waals surface area contributed by atoms with E-state index in [0.29, 0.717) is 5.56 Å². The Morgan fingerprint density at radius 2 is 1.67 bits per heavy atom. The van der Waals surface area contributed by atoms with Crippen LogP contribution in [0.25, 0.3) is 0 Å². The van der Waals surface area contributed by atoms with E-state index in [2.05, 4.69) is 12.8 Å². The summed E-state index contributed by atoms with van der Waals surface area (Å²) in [7, 11) is 2.39. The molecule has 8 nitrogen and oxygen atoms in total. The molecule has 142 valence electrons. The van der Waals surface area contributed by atoms with Gasteiger partial charge in [0.15, 0.2) is 5.60 Å². The molecule has 2 atom stereocenters. The first kappa shape index (κ1) is 19.0. The number of hydrogen-bond acceptors (Lipinski definition) is 8. The summed E-state index contributed by atoms with van der Waals surface area (Å²) < 4.78 is 23.0. The molecule has 2 aliphatic rings. The van der Waals surface area contributed by atoms with Crippen LogP contribution < -0.4 is 4.72 Å². The molecule has 1 amide bonds. The number of amides is 1. The lowest BCUT2D eigenvalue weighted by molar-refractivity contribution is -0.139. The quantitative estimate of drug-likeness (QED) is 0.339. The van der Waals surface area contributed by atoms with Crippen molar-refractivity contribution in [2.45, 2.75) is 11.2 Å². The van der Waals surface area contributed by atoms with Crippen LogP contribution in [0.15, 0.2) is 53.6 Å². The molecule has 1 N–H and O–H groups in total. The molecule has 3 rings (SSSR count). The van der Waals surface area contributed by atoms with Gasteiger partial charge in [0.2, 0.25) is 0 Å². The zero-order chi connectivity index (χ0) is 19.7. The molecule has 0 saturated carbocycles. The fourth-order valence-corrected chi connectivity index (χ4v) is 3.41. The Balaban J connectivity index is 2.18. The number of hydrogen-bond donors (Lipinski definition) is 2. The average molecular weight is 391 g/mol. The van der Waals surface area contributed by atoms with Crippen molar-refractivity contribution < 1.29 is 33.3 Å². The van der Waals surface area contributed by atoms with Gasteiger partial charge in [0.25, 0.3) is 0 Å². The van der Waals surface area contributed by atoms with Gasteiger partial charge in [-0.3, -0.25) is 4.72 Å². The first-order valence-corrected chi connectivity index (χ1v) is 8.33. The van der Waals surface area contributed by atoms with Crippen molar-refractivity contribution in [2.75, 3.05) is 20.8 Å². The number of esters is 2. The normalized spacial score (nSPS) is 25.3. The standard InChI is InChI=1S/C18H17NO7S/c1-23-14(20)12-13(15(21)24-2)18(11-6-4-3-5-7-11)9-8-17(12,26-18)10-25-16(22)19-27/h3-9,27H,10H2,1-2H3,(H,19,22). The Morgan fingerprint density at radius 3 is 2.26 bits per heavy atom. The predicted octanol–water partition coefficient (Wildman–Crippen LogP) is 1.43. The number of ether oxygens (including phenoxy) is 4. The summed E-state index contributed by atoms with van der Waals surface area (Å²) >= 11 is 3.62. The second kappa shape index (κ2) is 7.09. The zero-order valence-electron chi connectivity index (χ0n) is 14.6. The van der Waals surface area contributed by atoms with Crippen molar-refractivity contribution >= 4 is 30.8 Å².